The van der Waals surface area contributed by atoms with Crippen LogP contribution in [-0.2, 0) is 6.61 Å². The van der Waals surface area contributed by atoms with E-state index in [2.05, 4.69) is 6.07 Å². The minimum atomic E-state index is -0.0470. The predicted molar refractivity (Wildman–Crippen MR) is 79.6 cm³/mol. The maximum atomic E-state index is 5.98. The summed E-state index contributed by atoms with van der Waals surface area (Å²) in [5.74, 6) is 0.834. The van der Waals surface area contributed by atoms with Crippen LogP contribution in [0, 0.1) is 6.92 Å². The Bertz CT molecular complexity index is 566. The molecule has 2 aromatic carbocycles. The molecule has 0 aliphatic rings. The van der Waals surface area contributed by atoms with E-state index in [4.69, 9.17) is 22.1 Å². The molecule has 2 aromatic rings. The first kappa shape index (κ1) is 13.9. The fraction of sp³-hybridized carbons (Fsp3) is 0.250. The van der Waals surface area contributed by atoms with Crippen LogP contribution in [0.1, 0.15) is 29.7 Å². The molecule has 0 heterocycles. The summed E-state index contributed by atoms with van der Waals surface area (Å²) in [6.07, 6.45) is 0. The molecule has 2 nitrogen and oxygen atoms in total. The Morgan fingerprint density at radius 3 is 2.68 bits per heavy atom. The molecule has 3 heteroatoms. The number of hydrogen-bond acceptors (Lipinski definition) is 2. The van der Waals surface area contributed by atoms with Crippen LogP contribution in [0.25, 0.3) is 0 Å². The number of ether oxygens (including phenoxy) is 1. The van der Waals surface area contributed by atoms with Gasteiger partial charge in [-0.25, -0.2) is 0 Å². The molecular formula is C16H18ClNO. The van der Waals surface area contributed by atoms with Crippen LogP contribution < -0.4 is 10.5 Å². The van der Waals surface area contributed by atoms with Crippen molar-refractivity contribution in [1.82, 2.24) is 0 Å². The van der Waals surface area contributed by atoms with Gasteiger partial charge in [0.15, 0.2) is 0 Å². The minimum absolute atomic E-state index is 0.0470. The van der Waals surface area contributed by atoms with Crippen LogP contribution in [0.5, 0.6) is 5.75 Å². The summed E-state index contributed by atoms with van der Waals surface area (Å²) in [5.41, 5.74) is 9.23. The van der Waals surface area contributed by atoms with Crippen LogP contribution >= 0.6 is 11.6 Å². The van der Waals surface area contributed by atoms with Gasteiger partial charge in [-0.3, -0.25) is 0 Å². The SMILES string of the molecule is Cc1ccc(OCc2cccc(Cl)c2)c([C@H](C)N)c1. The van der Waals surface area contributed by atoms with Crippen molar-refractivity contribution in [3.63, 3.8) is 0 Å². The molecule has 0 spiro atoms. The number of nitrogens with two attached hydrogens (primary N) is 1. The van der Waals surface area contributed by atoms with E-state index in [1.165, 1.54) is 5.56 Å². The summed E-state index contributed by atoms with van der Waals surface area (Å²) in [5, 5.41) is 0.720. The van der Waals surface area contributed by atoms with E-state index in [1.54, 1.807) is 0 Å². The summed E-state index contributed by atoms with van der Waals surface area (Å²) in [4.78, 5) is 0. The van der Waals surface area contributed by atoms with Gasteiger partial charge < -0.3 is 10.5 Å². The molecule has 19 heavy (non-hydrogen) atoms. The lowest BCUT2D eigenvalue weighted by molar-refractivity contribution is 0.301. The Labute approximate surface area is 119 Å². The topological polar surface area (TPSA) is 35.2 Å². The summed E-state index contributed by atoms with van der Waals surface area (Å²) in [7, 11) is 0. The van der Waals surface area contributed by atoms with Gasteiger partial charge in [0.1, 0.15) is 12.4 Å². The lowest BCUT2D eigenvalue weighted by atomic mass is 10.1. The van der Waals surface area contributed by atoms with Crippen LogP contribution in [0.3, 0.4) is 0 Å². The highest BCUT2D eigenvalue weighted by molar-refractivity contribution is 6.30. The number of rotatable bonds is 4. The van der Waals surface area contributed by atoms with Crippen molar-refractivity contribution < 1.29 is 4.74 Å². The maximum Gasteiger partial charge on any atom is 0.124 e. The number of aryl methyl sites for hydroxylation is 1. The summed E-state index contributed by atoms with van der Waals surface area (Å²) in [6, 6.07) is 13.7. The van der Waals surface area contributed by atoms with E-state index < -0.39 is 0 Å². The Balaban J connectivity index is 2.15. The molecule has 100 valence electrons. The lowest BCUT2D eigenvalue weighted by Gasteiger charge is -2.15. The maximum absolute atomic E-state index is 5.98. The van der Waals surface area contributed by atoms with Gasteiger partial charge in [-0.2, -0.15) is 0 Å². The van der Waals surface area contributed by atoms with E-state index in [-0.39, 0.29) is 6.04 Å². The molecule has 1 atom stereocenters. The quantitative estimate of drug-likeness (QED) is 0.905. The molecule has 2 N–H and O–H groups in total. The Morgan fingerprint density at radius 2 is 2.00 bits per heavy atom. The second-order valence-electron chi connectivity index (χ2n) is 4.75. The van der Waals surface area contributed by atoms with Crippen LogP contribution in [0.4, 0.5) is 0 Å². The Morgan fingerprint density at radius 1 is 1.21 bits per heavy atom. The number of hydrogen-bond donors (Lipinski definition) is 1. The highest BCUT2D eigenvalue weighted by Gasteiger charge is 2.08. The second-order valence-corrected chi connectivity index (χ2v) is 5.18. The molecule has 2 rings (SSSR count). The van der Waals surface area contributed by atoms with E-state index in [1.807, 2.05) is 50.2 Å². The van der Waals surface area contributed by atoms with Gasteiger partial charge in [-0.05, 0) is 37.6 Å². The third-order valence-electron chi connectivity index (χ3n) is 2.94. The monoisotopic (exact) mass is 275 g/mol. The first-order valence-electron chi connectivity index (χ1n) is 6.29. The summed E-state index contributed by atoms with van der Waals surface area (Å²) in [6.45, 7) is 4.50. The van der Waals surface area contributed by atoms with Gasteiger partial charge in [0.25, 0.3) is 0 Å². The standard InChI is InChI=1S/C16H18ClNO/c1-11-6-7-16(15(8-11)12(2)18)19-10-13-4-3-5-14(17)9-13/h3-9,12H,10,18H2,1-2H3/t12-/m0/s1. The predicted octanol–water partition coefficient (Wildman–Crippen LogP) is 4.25. The number of benzene rings is 2. The van der Waals surface area contributed by atoms with Crippen molar-refractivity contribution in [2.75, 3.05) is 0 Å². The molecule has 0 aliphatic carbocycles. The molecule has 0 unspecified atom stereocenters. The van der Waals surface area contributed by atoms with Gasteiger partial charge in [-0.1, -0.05) is 41.4 Å². The van der Waals surface area contributed by atoms with E-state index in [9.17, 15) is 0 Å². The molecule has 0 saturated carbocycles. The molecule has 0 amide bonds. The number of halogens is 1. The lowest BCUT2D eigenvalue weighted by Crippen LogP contribution is -2.08. The van der Waals surface area contributed by atoms with Crippen molar-refractivity contribution in [2.24, 2.45) is 5.73 Å². The zero-order valence-corrected chi connectivity index (χ0v) is 11.9. The van der Waals surface area contributed by atoms with Crippen molar-refractivity contribution in [3.8, 4) is 5.75 Å². The fourth-order valence-electron chi connectivity index (χ4n) is 1.94. The van der Waals surface area contributed by atoms with Gasteiger partial charge in [0, 0.05) is 16.6 Å². The normalized spacial score (nSPS) is 12.2. The second kappa shape index (κ2) is 6.09. The average molecular weight is 276 g/mol. The molecule has 0 saturated heterocycles. The first-order valence-corrected chi connectivity index (χ1v) is 6.67. The Hall–Kier alpha value is -1.51. The van der Waals surface area contributed by atoms with Gasteiger partial charge in [-0.15, -0.1) is 0 Å². The molecule has 0 radical (unpaired) electrons. The van der Waals surface area contributed by atoms with Crippen molar-refractivity contribution in [1.29, 1.82) is 0 Å². The van der Waals surface area contributed by atoms with Gasteiger partial charge in [0.2, 0.25) is 0 Å². The third kappa shape index (κ3) is 3.72. The van der Waals surface area contributed by atoms with Crippen LogP contribution in [-0.4, -0.2) is 0 Å². The first-order chi connectivity index (χ1) is 9.06. The van der Waals surface area contributed by atoms with Crippen molar-refractivity contribution >= 4 is 11.6 Å². The summed E-state index contributed by atoms with van der Waals surface area (Å²) < 4.78 is 5.86. The highest BCUT2D eigenvalue weighted by Crippen LogP contribution is 2.26. The van der Waals surface area contributed by atoms with E-state index in [0.29, 0.717) is 6.61 Å². The fourth-order valence-corrected chi connectivity index (χ4v) is 2.16. The van der Waals surface area contributed by atoms with Crippen molar-refractivity contribution in [2.45, 2.75) is 26.5 Å². The zero-order valence-electron chi connectivity index (χ0n) is 11.2. The molecule has 0 aliphatic heterocycles. The smallest absolute Gasteiger partial charge is 0.124 e. The van der Waals surface area contributed by atoms with Gasteiger partial charge >= 0.3 is 0 Å². The third-order valence-corrected chi connectivity index (χ3v) is 3.17. The average Bonchev–Trinajstić information content (AvgIpc) is 2.37. The minimum Gasteiger partial charge on any atom is -0.489 e. The van der Waals surface area contributed by atoms with E-state index in [0.717, 1.165) is 21.9 Å². The zero-order chi connectivity index (χ0) is 13.8. The van der Waals surface area contributed by atoms with Crippen LogP contribution in [0.2, 0.25) is 5.02 Å². The van der Waals surface area contributed by atoms with Crippen LogP contribution in [0.15, 0.2) is 42.5 Å². The molecule has 0 bridgehead atoms. The largest absolute Gasteiger partial charge is 0.489 e. The van der Waals surface area contributed by atoms with Gasteiger partial charge in [0.05, 0.1) is 0 Å². The summed E-state index contributed by atoms with van der Waals surface area (Å²) >= 11 is 5.95. The Kier molecular flexibility index (Phi) is 4.46. The molecule has 0 aromatic heterocycles. The molecule has 0 fully saturated rings. The highest BCUT2D eigenvalue weighted by atomic mass is 35.5. The van der Waals surface area contributed by atoms with Crippen molar-refractivity contribution in [3.05, 3.63) is 64.2 Å². The molecular weight excluding hydrogens is 258 g/mol. The van der Waals surface area contributed by atoms with E-state index >= 15 is 0 Å².